The van der Waals surface area contributed by atoms with E-state index in [1.165, 1.54) is 23.8 Å². The molecule has 0 saturated carbocycles. The highest BCUT2D eigenvalue weighted by atomic mass is 19.1. The Labute approximate surface area is 228 Å². The van der Waals surface area contributed by atoms with Gasteiger partial charge in [0.05, 0.1) is 6.04 Å². The second kappa shape index (κ2) is 12.2. The normalized spacial score (nSPS) is 15.8. The monoisotopic (exact) mass is 526 g/mol. The summed E-state index contributed by atoms with van der Waals surface area (Å²) in [5.74, 6) is -0.121. The average molecular weight is 527 g/mol. The largest absolute Gasteiger partial charge is 0.481 e. The van der Waals surface area contributed by atoms with Gasteiger partial charge in [0, 0.05) is 25.2 Å². The zero-order valence-corrected chi connectivity index (χ0v) is 21.9. The van der Waals surface area contributed by atoms with Crippen LogP contribution in [0.4, 0.5) is 8.78 Å². The van der Waals surface area contributed by atoms with Crippen LogP contribution in [0.25, 0.3) is 0 Å². The van der Waals surface area contributed by atoms with Crippen LogP contribution in [0, 0.1) is 11.6 Å². The van der Waals surface area contributed by atoms with Crippen molar-refractivity contribution < 1.29 is 18.3 Å². The van der Waals surface area contributed by atoms with Gasteiger partial charge in [-0.25, -0.2) is 8.78 Å². The van der Waals surface area contributed by atoms with Gasteiger partial charge < -0.3 is 10.1 Å². The number of nitrogens with zero attached hydrogens (tertiary/aromatic N) is 1. The molecule has 200 valence electrons. The van der Waals surface area contributed by atoms with Crippen molar-refractivity contribution in [3.8, 4) is 5.75 Å². The van der Waals surface area contributed by atoms with Crippen LogP contribution >= 0.6 is 0 Å². The average Bonchev–Trinajstić information content (AvgIpc) is 2.97. The molecule has 0 aliphatic carbocycles. The quantitative estimate of drug-likeness (QED) is 0.268. The first-order chi connectivity index (χ1) is 19.0. The van der Waals surface area contributed by atoms with Crippen molar-refractivity contribution in [3.63, 3.8) is 0 Å². The lowest BCUT2D eigenvalue weighted by Gasteiger charge is -2.38. The van der Waals surface area contributed by atoms with Crippen molar-refractivity contribution in [2.75, 3.05) is 6.54 Å². The summed E-state index contributed by atoms with van der Waals surface area (Å²) < 4.78 is 34.0. The topological polar surface area (TPSA) is 41.6 Å². The molecule has 39 heavy (non-hydrogen) atoms. The molecule has 0 saturated heterocycles. The van der Waals surface area contributed by atoms with Gasteiger partial charge in [0.2, 0.25) is 0 Å². The predicted molar refractivity (Wildman–Crippen MR) is 148 cm³/mol. The molecule has 1 N–H and O–H groups in total. The number of benzene rings is 4. The maximum Gasteiger partial charge on any atom is 0.261 e. The zero-order valence-electron chi connectivity index (χ0n) is 21.9. The molecular formula is C33H32F2N2O2. The summed E-state index contributed by atoms with van der Waals surface area (Å²) in [6, 6.07) is 29.1. The van der Waals surface area contributed by atoms with Gasteiger partial charge in [-0.05, 0) is 65.4 Å². The van der Waals surface area contributed by atoms with Gasteiger partial charge in [-0.1, -0.05) is 73.7 Å². The van der Waals surface area contributed by atoms with E-state index in [0.717, 1.165) is 29.7 Å². The summed E-state index contributed by atoms with van der Waals surface area (Å²) in [7, 11) is 0. The van der Waals surface area contributed by atoms with Crippen LogP contribution in [0.1, 0.15) is 47.2 Å². The third-order valence-electron chi connectivity index (χ3n) is 7.21. The summed E-state index contributed by atoms with van der Waals surface area (Å²) in [6.07, 6.45) is 0.660. The molecule has 4 aromatic carbocycles. The van der Waals surface area contributed by atoms with E-state index >= 15 is 0 Å². The molecule has 0 aromatic heterocycles. The van der Waals surface area contributed by atoms with E-state index in [-0.39, 0.29) is 23.6 Å². The van der Waals surface area contributed by atoms with Gasteiger partial charge in [-0.15, -0.1) is 0 Å². The summed E-state index contributed by atoms with van der Waals surface area (Å²) in [4.78, 5) is 15.2. The molecule has 4 nitrogen and oxygen atoms in total. The first-order valence-electron chi connectivity index (χ1n) is 13.4. The van der Waals surface area contributed by atoms with Crippen LogP contribution < -0.4 is 10.1 Å². The molecule has 1 heterocycles. The highest BCUT2D eigenvalue weighted by Crippen LogP contribution is 2.38. The van der Waals surface area contributed by atoms with Crippen molar-refractivity contribution in [1.29, 1.82) is 0 Å². The van der Waals surface area contributed by atoms with E-state index in [4.69, 9.17) is 4.74 Å². The number of nitrogens with one attached hydrogen (secondary N) is 1. The van der Waals surface area contributed by atoms with Crippen LogP contribution in [0.5, 0.6) is 5.75 Å². The fourth-order valence-corrected chi connectivity index (χ4v) is 5.15. The maximum atomic E-state index is 14.6. The molecule has 1 amide bonds. The molecule has 5 rings (SSSR count). The molecule has 1 aliphatic rings. The summed E-state index contributed by atoms with van der Waals surface area (Å²) in [6.45, 7) is 3.48. The Kier molecular flexibility index (Phi) is 8.33. The van der Waals surface area contributed by atoms with Crippen molar-refractivity contribution in [1.82, 2.24) is 10.2 Å². The molecule has 2 unspecified atom stereocenters. The molecule has 1 aliphatic heterocycles. The first-order valence-corrected chi connectivity index (χ1v) is 13.4. The summed E-state index contributed by atoms with van der Waals surface area (Å²) in [5, 5.41) is 2.90. The lowest BCUT2D eigenvalue weighted by atomic mass is 9.87. The molecule has 0 radical (unpaired) electrons. The molecular weight excluding hydrogens is 494 g/mol. The van der Waals surface area contributed by atoms with Gasteiger partial charge in [0.1, 0.15) is 17.4 Å². The second-order valence-corrected chi connectivity index (χ2v) is 9.84. The number of amides is 1. The number of hydrogen-bond acceptors (Lipinski definition) is 3. The van der Waals surface area contributed by atoms with Gasteiger partial charge in [0.15, 0.2) is 6.10 Å². The summed E-state index contributed by atoms with van der Waals surface area (Å²) >= 11 is 0. The number of fused-ring (bicyclic) bond motifs is 1. The minimum Gasteiger partial charge on any atom is -0.481 e. The molecule has 6 heteroatoms. The van der Waals surface area contributed by atoms with E-state index in [1.807, 2.05) is 49.4 Å². The van der Waals surface area contributed by atoms with Gasteiger partial charge >= 0.3 is 0 Å². The number of rotatable bonds is 9. The van der Waals surface area contributed by atoms with E-state index in [1.54, 1.807) is 18.2 Å². The Hall–Kier alpha value is -4.03. The molecule has 0 bridgehead atoms. The first kappa shape index (κ1) is 26.6. The number of hydrogen-bond donors (Lipinski definition) is 1. The second-order valence-electron chi connectivity index (χ2n) is 9.84. The van der Waals surface area contributed by atoms with Crippen LogP contribution in [-0.4, -0.2) is 23.5 Å². The Morgan fingerprint density at radius 3 is 2.46 bits per heavy atom. The van der Waals surface area contributed by atoms with E-state index < -0.39 is 6.10 Å². The van der Waals surface area contributed by atoms with Crippen LogP contribution in [0.15, 0.2) is 97.1 Å². The molecule has 0 fully saturated rings. The number of carbonyl (C=O) groups is 1. The number of ether oxygens (including phenoxy) is 1. The van der Waals surface area contributed by atoms with Crippen molar-refractivity contribution in [3.05, 3.63) is 137 Å². The van der Waals surface area contributed by atoms with Gasteiger partial charge in [-0.3, -0.25) is 9.69 Å². The number of carbonyl (C=O) groups excluding carboxylic acids is 1. The maximum absolute atomic E-state index is 14.6. The molecule has 0 spiro atoms. The van der Waals surface area contributed by atoms with E-state index in [9.17, 15) is 13.6 Å². The Bertz CT molecular complexity index is 1410. The minimum atomic E-state index is -0.670. The minimum absolute atomic E-state index is 0.0783. The summed E-state index contributed by atoms with van der Waals surface area (Å²) in [5.41, 5.74) is 4.92. The van der Waals surface area contributed by atoms with Crippen LogP contribution in [0.3, 0.4) is 0 Å². The van der Waals surface area contributed by atoms with Crippen LogP contribution in [0.2, 0.25) is 0 Å². The highest BCUT2D eigenvalue weighted by molar-refractivity contribution is 5.81. The van der Waals surface area contributed by atoms with Crippen LogP contribution in [-0.2, 0) is 24.3 Å². The lowest BCUT2D eigenvalue weighted by molar-refractivity contribution is -0.128. The van der Waals surface area contributed by atoms with Crippen molar-refractivity contribution in [2.45, 2.75) is 45.0 Å². The van der Waals surface area contributed by atoms with Crippen molar-refractivity contribution >= 4 is 5.91 Å². The standard InChI is InChI=1S/C33H32F2N2O2/c1-2-31(33(38)36-21-23-12-15-27(34)16-13-23)39-28-17-14-24-18-19-37(22-26-10-6-7-11-30(26)35)32(29(24)20-28)25-8-4-3-5-9-25/h3-17,20,31-32H,2,18-19,21-22H2,1H3,(H,36,38). The van der Waals surface area contributed by atoms with E-state index in [2.05, 4.69) is 28.4 Å². The third kappa shape index (κ3) is 6.35. The highest BCUT2D eigenvalue weighted by Gasteiger charge is 2.30. The molecule has 2 atom stereocenters. The lowest BCUT2D eigenvalue weighted by Crippen LogP contribution is -2.38. The smallest absolute Gasteiger partial charge is 0.261 e. The fourth-order valence-electron chi connectivity index (χ4n) is 5.15. The fraction of sp³-hybridized carbons (Fsp3) is 0.242. The van der Waals surface area contributed by atoms with Crippen molar-refractivity contribution in [2.24, 2.45) is 0 Å². The van der Waals surface area contributed by atoms with Gasteiger partial charge in [0.25, 0.3) is 5.91 Å². The Morgan fingerprint density at radius 1 is 0.974 bits per heavy atom. The Morgan fingerprint density at radius 2 is 1.72 bits per heavy atom. The predicted octanol–water partition coefficient (Wildman–Crippen LogP) is 6.59. The zero-order chi connectivity index (χ0) is 27.2. The SMILES string of the molecule is CCC(Oc1ccc2c(c1)C(c1ccccc1)N(Cc1ccccc1F)CC2)C(=O)NCc1ccc(F)cc1. The van der Waals surface area contributed by atoms with Gasteiger partial charge in [-0.2, -0.15) is 0 Å². The van der Waals surface area contributed by atoms with E-state index in [0.29, 0.717) is 30.8 Å². The molecule has 4 aromatic rings. The Balaban J connectivity index is 1.37. The number of halogens is 2. The third-order valence-corrected chi connectivity index (χ3v) is 7.21.